The maximum Gasteiger partial charge on any atom is 0.446 e. The van der Waals surface area contributed by atoms with E-state index in [1.54, 1.807) is 38.3 Å². The Labute approximate surface area is 196 Å². The van der Waals surface area contributed by atoms with Crippen LogP contribution >= 0.6 is 11.8 Å². The maximum atomic E-state index is 14.2. The molecule has 1 heterocycles. The summed E-state index contributed by atoms with van der Waals surface area (Å²) in [5.41, 5.74) is -4.13. The number of ether oxygens (including phenoxy) is 1. The molecule has 34 heavy (non-hydrogen) atoms. The predicted molar refractivity (Wildman–Crippen MR) is 119 cm³/mol. The zero-order chi connectivity index (χ0) is 24.9. The van der Waals surface area contributed by atoms with E-state index < -0.39 is 45.5 Å². The highest BCUT2D eigenvalue weighted by Gasteiger charge is 2.31. The number of nitrogens with one attached hydrogen (secondary N) is 2. The van der Waals surface area contributed by atoms with Gasteiger partial charge < -0.3 is 15.0 Å². The Morgan fingerprint density at radius 2 is 1.88 bits per heavy atom. The smallest absolute Gasteiger partial charge is 0.446 e. The number of thioether (sulfide) groups is 1. The Hall–Kier alpha value is -3.34. The first-order chi connectivity index (χ1) is 16.1. The van der Waals surface area contributed by atoms with Gasteiger partial charge in [0.2, 0.25) is 0 Å². The molecule has 3 aromatic rings. The summed E-state index contributed by atoms with van der Waals surface area (Å²) in [5, 5.41) is 2.66. The lowest BCUT2D eigenvalue weighted by molar-refractivity contribution is -0.0329. The molecule has 180 valence electrons. The molecule has 0 spiro atoms. The molecule has 11 heteroatoms. The SMILES string of the molecule is CC[C@@H](NC(=O)c1cc(=O)[nH]c(Cc2ccc(OC)cc2)n1)c1ccc(SC(F)(F)F)c(F)c1. The number of halogens is 4. The van der Waals surface area contributed by atoms with Gasteiger partial charge in [-0.3, -0.25) is 9.59 Å². The van der Waals surface area contributed by atoms with Gasteiger partial charge in [0, 0.05) is 12.5 Å². The average molecular weight is 495 g/mol. The standard InChI is InChI=1S/C23H21F4N3O3S/c1-3-17(14-6-9-19(16(24)11-14)34-23(25,26)27)29-22(32)18-12-21(31)30-20(28-18)10-13-4-7-15(33-2)8-5-13/h4-9,11-12,17H,3,10H2,1-2H3,(H,29,32)(H,28,30,31)/t17-/m1/s1. The zero-order valence-electron chi connectivity index (χ0n) is 18.2. The van der Waals surface area contributed by atoms with Gasteiger partial charge in [-0.25, -0.2) is 9.37 Å². The lowest BCUT2D eigenvalue weighted by Gasteiger charge is -2.18. The molecule has 6 nitrogen and oxygen atoms in total. The van der Waals surface area contributed by atoms with Crippen molar-refractivity contribution in [3.63, 3.8) is 0 Å². The van der Waals surface area contributed by atoms with E-state index in [0.717, 1.165) is 23.8 Å². The molecule has 0 aliphatic rings. The van der Waals surface area contributed by atoms with E-state index in [1.807, 2.05) is 0 Å². The van der Waals surface area contributed by atoms with Gasteiger partial charge in [-0.05, 0) is 53.6 Å². The van der Waals surface area contributed by atoms with Crippen LogP contribution in [0.5, 0.6) is 5.75 Å². The normalized spacial score (nSPS) is 12.3. The molecule has 0 bridgehead atoms. The summed E-state index contributed by atoms with van der Waals surface area (Å²) in [7, 11) is 1.55. The largest absolute Gasteiger partial charge is 0.497 e. The Morgan fingerprint density at radius 1 is 1.18 bits per heavy atom. The molecule has 0 saturated carbocycles. The van der Waals surface area contributed by atoms with Crippen molar-refractivity contribution >= 4 is 17.7 Å². The fourth-order valence-corrected chi connectivity index (χ4v) is 3.78. The minimum atomic E-state index is -4.61. The molecule has 0 unspecified atom stereocenters. The number of hydrogen-bond donors (Lipinski definition) is 2. The molecule has 0 saturated heterocycles. The number of benzene rings is 2. The van der Waals surface area contributed by atoms with Crippen LogP contribution in [-0.2, 0) is 6.42 Å². The van der Waals surface area contributed by atoms with Crippen LogP contribution < -0.4 is 15.6 Å². The second kappa shape index (κ2) is 10.7. The number of rotatable bonds is 8. The van der Waals surface area contributed by atoms with Crippen molar-refractivity contribution in [1.82, 2.24) is 15.3 Å². The van der Waals surface area contributed by atoms with E-state index in [0.29, 0.717) is 17.7 Å². The summed E-state index contributed by atoms with van der Waals surface area (Å²) in [4.78, 5) is 31.1. The van der Waals surface area contributed by atoms with Crippen LogP contribution in [0.25, 0.3) is 0 Å². The number of nitrogens with zero attached hydrogens (tertiary/aromatic N) is 1. The van der Waals surface area contributed by atoms with Crippen LogP contribution in [-0.4, -0.2) is 28.5 Å². The number of hydrogen-bond acceptors (Lipinski definition) is 5. The first kappa shape index (κ1) is 25.3. The van der Waals surface area contributed by atoms with E-state index in [2.05, 4.69) is 15.3 Å². The highest BCUT2D eigenvalue weighted by atomic mass is 32.2. The summed E-state index contributed by atoms with van der Waals surface area (Å²) in [6.07, 6.45) is 0.597. The van der Waals surface area contributed by atoms with Crippen LogP contribution in [0, 0.1) is 5.82 Å². The van der Waals surface area contributed by atoms with E-state index >= 15 is 0 Å². The van der Waals surface area contributed by atoms with Gasteiger partial charge in [-0.15, -0.1) is 0 Å². The minimum Gasteiger partial charge on any atom is -0.497 e. The molecule has 0 aliphatic heterocycles. The Balaban J connectivity index is 1.77. The van der Waals surface area contributed by atoms with E-state index in [1.165, 1.54) is 6.07 Å². The summed E-state index contributed by atoms with van der Waals surface area (Å²) in [6, 6.07) is 10.8. The number of aromatic amines is 1. The summed E-state index contributed by atoms with van der Waals surface area (Å²) >= 11 is -0.546. The monoisotopic (exact) mass is 495 g/mol. The molecule has 2 aromatic carbocycles. The number of amides is 1. The van der Waals surface area contributed by atoms with Crippen LogP contribution in [0.3, 0.4) is 0 Å². The third-order valence-corrected chi connectivity index (χ3v) is 5.63. The molecule has 0 radical (unpaired) electrons. The molecule has 0 aliphatic carbocycles. The van der Waals surface area contributed by atoms with Crippen molar-refractivity contribution in [3.05, 3.63) is 87.3 Å². The van der Waals surface area contributed by atoms with Crippen LogP contribution in [0.1, 0.15) is 46.8 Å². The second-order valence-electron chi connectivity index (χ2n) is 7.27. The molecular weight excluding hydrogens is 474 g/mol. The van der Waals surface area contributed by atoms with Crippen LogP contribution in [0.4, 0.5) is 17.6 Å². The van der Waals surface area contributed by atoms with E-state index in [9.17, 15) is 27.2 Å². The Morgan fingerprint density at radius 3 is 2.47 bits per heavy atom. The lowest BCUT2D eigenvalue weighted by atomic mass is 10.0. The molecule has 0 fully saturated rings. The quantitative estimate of drug-likeness (QED) is 0.339. The number of carbonyl (C=O) groups excluding carboxylic acids is 1. The molecule has 3 rings (SSSR count). The van der Waals surface area contributed by atoms with E-state index in [4.69, 9.17) is 4.74 Å². The van der Waals surface area contributed by atoms with Gasteiger partial charge >= 0.3 is 5.51 Å². The van der Waals surface area contributed by atoms with Crippen molar-refractivity contribution < 1.29 is 27.1 Å². The van der Waals surface area contributed by atoms with Crippen LogP contribution in [0.15, 0.2) is 58.2 Å². The van der Waals surface area contributed by atoms with Crippen molar-refractivity contribution in [2.75, 3.05) is 7.11 Å². The summed E-state index contributed by atoms with van der Waals surface area (Å²) < 4.78 is 56.9. The zero-order valence-corrected chi connectivity index (χ0v) is 19.0. The molecular formula is C23H21F4N3O3S. The number of aromatic nitrogens is 2. The first-order valence-electron chi connectivity index (χ1n) is 10.2. The van der Waals surface area contributed by atoms with Gasteiger partial charge in [0.25, 0.3) is 11.5 Å². The van der Waals surface area contributed by atoms with Gasteiger partial charge in [0.05, 0.1) is 18.0 Å². The third-order valence-electron chi connectivity index (χ3n) is 4.85. The molecule has 1 amide bonds. The highest BCUT2D eigenvalue weighted by Crippen LogP contribution is 2.38. The molecule has 1 atom stereocenters. The minimum absolute atomic E-state index is 0.129. The van der Waals surface area contributed by atoms with Crippen molar-refractivity contribution in [3.8, 4) is 5.75 Å². The topological polar surface area (TPSA) is 84.1 Å². The first-order valence-corrected chi connectivity index (χ1v) is 11.0. The molecule has 1 aromatic heterocycles. The number of H-pyrrole nitrogens is 1. The number of methoxy groups -OCH3 is 1. The Kier molecular flexibility index (Phi) is 7.98. The van der Waals surface area contributed by atoms with Crippen molar-refractivity contribution in [2.24, 2.45) is 0 Å². The predicted octanol–water partition coefficient (Wildman–Crippen LogP) is 5.00. The van der Waals surface area contributed by atoms with Gasteiger partial charge in [-0.2, -0.15) is 13.2 Å². The third kappa shape index (κ3) is 6.83. The van der Waals surface area contributed by atoms with Gasteiger partial charge in [0.1, 0.15) is 23.1 Å². The number of carbonyl (C=O) groups is 1. The summed E-state index contributed by atoms with van der Waals surface area (Å²) in [5.74, 6) is -0.757. The Bertz CT molecular complexity index is 1210. The van der Waals surface area contributed by atoms with Gasteiger partial charge in [0.15, 0.2) is 0 Å². The molecule has 2 N–H and O–H groups in total. The summed E-state index contributed by atoms with van der Waals surface area (Å²) in [6.45, 7) is 1.72. The van der Waals surface area contributed by atoms with Crippen LogP contribution in [0.2, 0.25) is 0 Å². The fourth-order valence-electron chi connectivity index (χ4n) is 3.24. The highest BCUT2D eigenvalue weighted by molar-refractivity contribution is 8.00. The average Bonchev–Trinajstić information content (AvgIpc) is 2.78. The van der Waals surface area contributed by atoms with Gasteiger partial charge in [-0.1, -0.05) is 25.1 Å². The fraction of sp³-hybridized carbons (Fsp3) is 0.261. The van der Waals surface area contributed by atoms with E-state index in [-0.39, 0.29) is 17.9 Å². The number of alkyl halides is 3. The maximum absolute atomic E-state index is 14.2. The second-order valence-corrected chi connectivity index (χ2v) is 8.38. The lowest BCUT2D eigenvalue weighted by Crippen LogP contribution is -2.30. The van der Waals surface area contributed by atoms with Crippen molar-refractivity contribution in [1.29, 1.82) is 0 Å². The van der Waals surface area contributed by atoms with Crippen molar-refractivity contribution in [2.45, 2.75) is 36.2 Å².